The number of nitrogen functional groups attached to an aromatic ring is 1. The molecule has 0 bridgehead atoms. The molecule has 0 radical (unpaired) electrons. The van der Waals surface area contributed by atoms with E-state index in [4.69, 9.17) is 10.5 Å². The minimum atomic E-state index is 0.466. The number of nitrogens with zero attached hydrogens (tertiary/aromatic N) is 1. The molecule has 0 fully saturated rings. The van der Waals surface area contributed by atoms with E-state index in [1.54, 1.807) is 6.07 Å². The Bertz CT molecular complexity index is 511. The molecule has 4 heteroatoms. The van der Waals surface area contributed by atoms with E-state index in [-0.39, 0.29) is 0 Å². The van der Waals surface area contributed by atoms with Gasteiger partial charge in [0, 0.05) is 10.2 Å². The van der Waals surface area contributed by atoms with Gasteiger partial charge in [0.15, 0.2) is 0 Å². The Morgan fingerprint density at radius 2 is 1.88 bits per heavy atom. The molecule has 0 aliphatic heterocycles. The molecule has 0 saturated heterocycles. The standard InChI is InChI=1S/C13H13BrN2O/c1-9-2-7-12(15)13(16-9)17-8-10-3-5-11(14)6-4-10/h2-7H,8,15H2,1H3. The number of nitrogens with two attached hydrogens (primary N) is 1. The minimum absolute atomic E-state index is 0.466. The first-order valence-electron chi connectivity index (χ1n) is 5.25. The predicted molar refractivity (Wildman–Crippen MR) is 71.9 cm³/mol. The van der Waals surface area contributed by atoms with Crippen molar-refractivity contribution >= 4 is 21.6 Å². The van der Waals surface area contributed by atoms with Gasteiger partial charge in [-0.25, -0.2) is 4.98 Å². The summed E-state index contributed by atoms with van der Waals surface area (Å²) in [6.07, 6.45) is 0. The summed E-state index contributed by atoms with van der Waals surface area (Å²) in [5.41, 5.74) is 8.32. The van der Waals surface area contributed by atoms with E-state index >= 15 is 0 Å². The van der Waals surface area contributed by atoms with Gasteiger partial charge in [-0.3, -0.25) is 0 Å². The lowest BCUT2D eigenvalue weighted by molar-refractivity contribution is 0.295. The van der Waals surface area contributed by atoms with E-state index in [1.165, 1.54) is 0 Å². The molecule has 2 rings (SSSR count). The average Bonchev–Trinajstić information content (AvgIpc) is 2.32. The van der Waals surface area contributed by atoms with Gasteiger partial charge in [-0.15, -0.1) is 0 Å². The maximum absolute atomic E-state index is 5.78. The Kier molecular flexibility index (Phi) is 3.64. The zero-order valence-corrected chi connectivity index (χ0v) is 11.1. The van der Waals surface area contributed by atoms with Crippen molar-refractivity contribution < 1.29 is 4.74 Å². The first-order chi connectivity index (χ1) is 8.15. The number of halogens is 1. The fraction of sp³-hybridized carbons (Fsp3) is 0.154. The van der Waals surface area contributed by atoms with Crippen LogP contribution in [0.25, 0.3) is 0 Å². The summed E-state index contributed by atoms with van der Waals surface area (Å²) < 4.78 is 6.64. The molecule has 1 aromatic heterocycles. The predicted octanol–water partition coefficient (Wildman–Crippen LogP) is 3.31. The van der Waals surface area contributed by atoms with Crippen molar-refractivity contribution in [1.82, 2.24) is 4.98 Å². The lowest BCUT2D eigenvalue weighted by Gasteiger charge is -2.08. The maximum Gasteiger partial charge on any atom is 0.237 e. The molecule has 2 N–H and O–H groups in total. The van der Waals surface area contributed by atoms with Crippen molar-refractivity contribution in [3.8, 4) is 5.88 Å². The number of pyridine rings is 1. The molecule has 17 heavy (non-hydrogen) atoms. The van der Waals surface area contributed by atoms with Gasteiger partial charge in [0.2, 0.25) is 5.88 Å². The molecule has 1 aromatic carbocycles. The SMILES string of the molecule is Cc1ccc(N)c(OCc2ccc(Br)cc2)n1. The first kappa shape index (κ1) is 11.9. The molecule has 0 amide bonds. The van der Waals surface area contributed by atoms with Crippen LogP contribution in [-0.2, 0) is 6.61 Å². The number of anilines is 1. The number of aromatic nitrogens is 1. The zero-order chi connectivity index (χ0) is 12.3. The Morgan fingerprint density at radius 1 is 1.18 bits per heavy atom. The highest BCUT2D eigenvalue weighted by Crippen LogP contribution is 2.20. The van der Waals surface area contributed by atoms with E-state index in [1.807, 2.05) is 37.3 Å². The molecule has 2 aromatic rings. The summed E-state index contributed by atoms with van der Waals surface area (Å²) in [7, 11) is 0. The first-order valence-corrected chi connectivity index (χ1v) is 6.05. The number of hydrogen-bond acceptors (Lipinski definition) is 3. The maximum atomic E-state index is 5.78. The molecule has 0 atom stereocenters. The molecule has 0 spiro atoms. The van der Waals surface area contributed by atoms with Gasteiger partial charge >= 0.3 is 0 Å². The highest BCUT2D eigenvalue weighted by Gasteiger charge is 2.02. The second-order valence-electron chi connectivity index (χ2n) is 3.76. The highest BCUT2D eigenvalue weighted by molar-refractivity contribution is 9.10. The van der Waals surface area contributed by atoms with Gasteiger partial charge < -0.3 is 10.5 Å². The van der Waals surface area contributed by atoms with Crippen LogP contribution in [-0.4, -0.2) is 4.98 Å². The monoisotopic (exact) mass is 292 g/mol. The second kappa shape index (κ2) is 5.19. The van der Waals surface area contributed by atoms with Crippen molar-refractivity contribution in [2.24, 2.45) is 0 Å². The Labute approximate surface area is 109 Å². The third-order valence-corrected chi connectivity index (χ3v) is 2.85. The van der Waals surface area contributed by atoms with Crippen LogP contribution in [0.1, 0.15) is 11.3 Å². The topological polar surface area (TPSA) is 48.1 Å². The molecule has 88 valence electrons. The zero-order valence-electron chi connectivity index (χ0n) is 9.48. The van der Waals surface area contributed by atoms with Gasteiger partial charge in [-0.1, -0.05) is 28.1 Å². The molecule has 1 heterocycles. The van der Waals surface area contributed by atoms with Gasteiger partial charge in [-0.05, 0) is 36.8 Å². The van der Waals surface area contributed by atoms with E-state index in [0.717, 1.165) is 15.7 Å². The van der Waals surface area contributed by atoms with Crippen LogP contribution in [0, 0.1) is 6.92 Å². The molecular weight excluding hydrogens is 280 g/mol. The van der Waals surface area contributed by atoms with Crippen molar-refractivity contribution in [3.05, 3.63) is 52.1 Å². The molecule has 3 nitrogen and oxygen atoms in total. The summed E-state index contributed by atoms with van der Waals surface area (Å²) in [5.74, 6) is 0.493. The molecule has 0 aliphatic carbocycles. The number of aryl methyl sites for hydroxylation is 1. The summed E-state index contributed by atoms with van der Waals surface area (Å²) in [5, 5.41) is 0. The van der Waals surface area contributed by atoms with Crippen LogP contribution in [0.2, 0.25) is 0 Å². The number of benzene rings is 1. The third-order valence-electron chi connectivity index (χ3n) is 2.32. The molecule has 0 unspecified atom stereocenters. The number of ether oxygens (including phenoxy) is 1. The molecule has 0 saturated carbocycles. The van der Waals surface area contributed by atoms with Gasteiger partial charge in [0.25, 0.3) is 0 Å². The van der Waals surface area contributed by atoms with Crippen LogP contribution in [0.5, 0.6) is 5.88 Å². The van der Waals surface area contributed by atoms with Crippen LogP contribution < -0.4 is 10.5 Å². The second-order valence-corrected chi connectivity index (χ2v) is 4.68. The van der Waals surface area contributed by atoms with Crippen molar-refractivity contribution in [2.45, 2.75) is 13.5 Å². The third kappa shape index (κ3) is 3.20. The van der Waals surface area contributed by atoms with Crippen molar-refractivity contribution in [2.75, 3.05) is 5.73 Å². The normalized spacial score (nSPS) is 10.2. The lowest BCUT2D eigenvalue weighted by Crippen LogP contribution is -2.01. The number of hydrogen-bond donors (Lipinski definition) is 1. The van der Waals surface area contributed by atoms with Crippen molar-refractivity contribution in [1.29, 1.82) is 0 Å². The summed E-state index contributed by atoms with van der Waals surface area (Å²) in [4.78, 5) is 4.25. The van der Waals surface area contributed by atoms with Crippen molar-refractivity contribution in [3.63, 3.8) is 0 Å². The smallest absolute Gasteiger partial charge is 0.237 e. The van der Waals surface area contributed by atoms with E-state index in [0.29, 0.717) is 18.2 Å². The highest BCUT2D eigenvalue weighted by atomic mass is 79.9. The fourth-order valence-electron chi connectivity index (χ4n) is 1.39. The Morgan fingerprint density at radius 3 is 2.59 bits per heavy atom. The van der Waals surface area contributed by atoms with Crippen LogP contribution in [0.4, 0.5) is 5.69 Å². The van der Waals surface area contributed by atoms with Gasteiger partial charge in [-0.2, -0.15) is 0 Å². The van der Waals surface area contributed by atoms with Crippen LogP contribution in [0.15, 0.2) is 40.9 Å². The van der Waals surface area contributed by atoms with Gasteiger partial charge in [0.1, 0.15) is 6.61 Å². The minimum Gasteiger partial charge on any atom is -0.471 e. The Hall–Kier alpha value is -1.55. The van der Waals surface area contributed by atoms with E-state index < -0.39 is 0 Å². The van der Waals surface area contributed by atoms with Crippen LogP contribution >= 0.6 is 15.9 Å². The molecular formula is C13H13BrN2O. The summed E-state index contributed by atoms with van der Waals surface area (Å²) in [6, 6.07) is 11.6. The summed E-state index contributed by atoms with van der Waals surface area (Å²) in [6.45, 7) is 2.37. The van der Waals surface area contributed by atoms with Crippen LogP contribution in [0.3, 0.4) is 0 Å². The number of rotatable bonds is 3. The Balaban J connectivity index is 2.07. The summed E-state index contributed by atoms with van der Waals surface area (Å²) >= 11 is 3.39. The molecule has 0 aliphatic rings. The largest absolute Gasteiger partial charge is 0.471 e. The fourth-order valence-corrected chi connectivity index (χ4v) is 1.66. The average molecular weight is 293 g/mol. The van der Waals surface area contributed by atoms with E-state index in [9.17, 15) is 0 Å². The lowest BCUT2D eigenvalue weighted by atomic mass is 10.2. The van der Waals surface area contributed by atoms with Gasteiger partial charge in [0.05, 0.1) is 5.69 Å². The quantitative estimate of drug-likeness (QED) is 0.944. The van der Waals surface area contributed by atoms with E-state index in [2.05, 4.69) is 20.9 Å².